The van der Waals surface area contributed by atoms with Crippen LogP contribution in [0.5, 0.6) is 0 Å². The molecule has 0 fully saturated rings. The predicted molar refractivity (Wildman–Crippen MR) is 154 cm³/mol. The highest BCUT2D eigenvalue weighted by Crippen LogP contribution is 2.35. The number of hydrogen-bond donors (Lipinski definition) is 0. The van der Waals surface area contributed by atoms with E-state index in [4.69, 9.17) is 15.0 Å². The molecule has 38 heavy (non-hydrogen) atoms. The summed E-state index contributed by atoms with van der Waals surface area (Å²) in [6.45, 7) is 15.2. The van der Waals surface area contributed by atoms with E-state index in [-0.39, 0.29) is 23.7 Å². The van der Waals surface area contributed by atoms with Crippen LogP contribution in [-0.4, -0.2) is 36.0 Å². The summed E-state index contributed by atoms with van der Waals surface area (Å²) in [6, 6.07) is -0.605. The number of azide groups is 1. The molecule has 1 rings (SSSR count). The maximum Gasteiger partial charge on any atom is 0.357 e. The first kappa shape index (κ1) is 34.1. The summed E-state index contributed by atoms with van der Waals surface area (Å²) >= 11 is 1.43. The van der Waals surface area contributed by atoms with Crippen LogP contribution in [-0.2, 0) is 14.3 Å². The maximum atomic E-state index is 13.6. The van der Waals surface area contributed by atoms with Gasteiger partial charge in [-0.3, -0.25) is 4.79 Å². The highest BCUT2D eigenvalue weighted by molar-refractivity contribution is 7.09. The van der Waals surface area contributed by atoms with Crippen LogP contribution in [0.15, 0.2) is 10.5 Å². The van der Waals surface area contributed by atoms with Gasteiger partial charge in [-0.25, -0.2) is 9.78 Å². The van der Waals surface area contributed by atoms with Gasteiger partial charge in [-0.15, -0.1) is 11.3 Å². The molecule has 9 heteroatoms. The summed E-state index contributed by atoms with van der Waals surface area (Å²) in [7, 11) is 0. The second-order valence-corrected chi connectivity index (χ2v) is 11.4. The lowest BCUT2D eigenvalue weighted by atomic mass is 9.79. The monoisotopic (exact) mass is 550 g/mol. The van der Waals surface area contributed by atoms with Crippen molar-refractivity contribution in [3.63, 3.8) is 0 Å². The molecule has 0 amide bonds. The van der Waals surface area contributed by atoms with Crippen molar-refractivity contribution in [2.24, 2.45) is 28.8 Å². The molecular formula is C29H50N4O4S. The van der Waals surface area contributed by atoms with E-state index < -0.39 is 12.0 Å². The van der Waals surface area contributed by atoms with Crippen LogP contribution >= 0.6 is 11.3 Å². The molecule has 2 unspecified atom stereocenters. The van der Waals surface area contributed by atoms with Gasteiger partial charge < -0.3 is 9.47 Å². The van der Waals surface area contributed by atoms with Gasteiger partial charge in [0.2, 0.25) is 0 Å². The molecule has 1 heterocycles. The van der Waals surface area contributed by atoms with Crippen molar-refractivity contribution in [1.82, 2.24) is 4.98 Å². The Morgan fingerprint density at radius 2 is 1.79 bits per heavy atom. The van der Waals surface area contributed by atoms with Crippen LogP contribution in [0.25, 0.3) is 10.4 Å². The van der Waals surface area contributed by atoms with Crippen molar-refractivity contribution in [2.45, 2.75) is 118 Å². The molecule has 0 aliphatic carbocycles. The fourth-order valence-electron chi connectivity index (χ4n) is 4.81. The zero-order valence-corrected chi connectivity index (χ0v) is 25.5. The predicted octanol–water partition coefficient (Wildman–Crippen LogP) is 8.72. The first-order chi connectivity index (χ1) is 18.2. The number of carbonyl (C=O) groups is 2. The van der Waals surface area contributed by atoms with E-state index in [1.54, 1.807) is 12.3 Å². The minimum atomic E-state index is -0.605. The average Bonchev–Trinajstić information content (AvgIpc) is 3.39. The fraction of sp³-hybridized carbons (Fsp3) is 0.828. The van der Waals surface area contributed by atoms with Gasteiger partial charge in [0.15, 0.2) is 5.69 Å². The van der Waals surface area contributed by atoms with Crippen molar-refractivity contribution in [3.05, 3.63) is 26.5 Å². The van der Waals surface area contributed by atoms with Gasteiger partial charge in [0.1, 0.15) is 16.9 Å². The van der Waals surface area contributed by atoms with E-state index in [1.165, 1.54) is 11.3 Å². The molecule has 5 atom stereocenters. The Bertz CT molecular complexity index is 869. The zero-order valence-electron chi connectivity index (χ0n) is 24.6. The van der Waals surface area contributed by atoms with E-state index in [2.05, 4.69) is 35.8 Å². The molecule has 8 nitrogen and oxygen atoms in total. The molecule has 0 radical (unpaired) electrons. The van der Waals surface area contributed by atoms with Gasteiger partial charge in [-0.1, -0.05) is 71.8 Å². The lowest BCUT2D eigenvalue weighted by Crippen LogP contribution is -2.32. The number of ketones is 1. The fourth-order valence-corrected chi connectivity index (χ4v) is 5.66. The lowest BCUT2D eigenvalue weighted by molar-refractivity contribution is -0.125. The van der Waals surface area contributed by atoms with E-state index in [1.807, 2.05) is 20.8 Å². The highest BCUT2D eigenvalue weighted by atomic mass is 32.1. The number of hydrogen-bond acceptors (Lipinski definition) is 7. The van der Waals surface area contributed by atoms with E-state index in [0.717, 1.165) is 62.8 Å². The quantitative estimate of drug-likeness (QED) is 0.0499. The number of rotatable bonds is 21. The van der Waals surface area contributed by atoms with Crippen LogP contribution in [0, 0.1) is 23.7 Å². The molecule has 0 bridgehead atoms. The highest BCUT2D eigenvalue weighted by Gasteiger charge is 2.31. The number of Topliss-reactive ketones (excluding diaryl/α,β-unsaturated/α-hetero) is 1. The molecule has 0 spiro atoms. The van der Waals surface area contributed by atoms with Crippen molar-refractivity contribution in [3.8, 4) is 0 Å². The van der Waals surface area contributed by atoms with Gasteiger partial charge >= 0.3 is 5.97 Å². The number of carbonyl (C=O) groups excluding carboxylic acids is 2. The third kappa shape index (κ3) is 11.4. The molecule has 216 valence electrons. The Labute approximate surface area is 233 Å². The number of ether oxygens (including phenoxy) is 2. The Kier molecular flexibility index (Phi) is 17.2. The molecular weight excluding hydrogens is 500 g/mol. The largest absolute Gasteiger partial charge is 0.461 e. The number of thiazole rings is 1. The summed E-state index contributed by atoms with van der Waals surface area (Å²) in [5, 5.41) is 6.45. The SMILES string of the molecule is CCCCCCC(CC[C@H](C[C@@H](OCC)c1nc(C(=O)OCC)cs1)C(C)C)C(=O)C(N=[N+]=[N-])[C@@H](C)CC. The summed E-state index contributed by atoms with van der Waals surface area (Å²) in [5.74, 6) is 0.300. The van der Waals surface area contributed by atoms with Crippen LogP contribution in [0.4, 0.5) is 0 Å². The van der Waals surface area contributed by atoms with Crippen molar-refractivity contribution < 1.29 is 19.1 Å². The van der Waals surface area contributed by atoms with E-state index >= 15 is 0 Å². The van der Waals surface area contributed by atoms with Gasteiger partial charge in [-0.05, 0) is 62.8 Å². The second kappa shape index (κ2) is 19.2. The number of esters is 1. The molecule has 0 aromatic carbocycles. The maximum absolute atomic E-state index is 13.6. The van der Waals surface area contributed by atoms with Crippen molar-refractivity contribution >= 4 is 23.1 Å². The standard InChI is InChI=1S/C29H50N4O4S/c1-8-12-13-14-15-22(27(34)26(32-33-30)21(7)9-2)16-17-23(20(5)6)18-25(36-10-3)28-31-24(19-38-28)29(35)37-11-4/h19-23,25-26H,8-18H2,1-7H3/t21-,22?,23+,25+,26?/m0/s1. The third-order valence-electron chi connectivity index (χ3n) is 7.45. The van der Waals surface area contributed by atoms with Crippen LogP contribution in [0.3, 0.4) is 0 Å². The first-order valence-electron chi connectivity index (χ1n) is 14.6. The topological polar surface area (TPSA) is 114 Å². The Balaban J connectivity index is 3.06. The molecule has 0 aliphatic rings. The third-order valence-corrected chi connectivity index (χ3v) is 8.39. The summed E-state index contributed by atoms with van der Waals surface area (Å²) in [6.07, 6.45) is 8.27. The summed E-state index contributed by atoms with van der Waals surface area (Å²) in [5.41, 5.74) is 9.45. The molecule has 0 saturated heterocycles. The van der Waals surface area contributed by atoms with E-state index in [0.29, 0.717) is 30.7 Å². The van der Waals surface area contributed by atoms with Gasteiger partial charge in [0.25, 0.3) is 0 Å². The second-order valence-electron chi connectivity index (χ2n) is 10.5. The minimum absolute atomic E-state index is 0.0262. The van der Waals surface area contributed by atoms with E-state index in [9.17, 15) is 9.59 Å². The number of unbranched alkanes of at least 4 members (excludes halogenated alkanes) is 3. The Hall–Kier alpha value is -1.96. The normalized spacial score (nSPS) is 15.4. The first-order valence-corrected chi connectivity index (χ1v) is 15.4. The molecule has 0 aliphatic heterocycles. The number of aromatic nitrogens is 1. The molecule has 1 aromatic heterocycles. The average molecular weight is 551 g/mol. The molecule has 0 saturated carbocycles. The molecule has 0 N–H and O–H groups in total. The smallest absolute Gasteiger partial charge is 0.357 e. The van der Waals surface area contributed by atoms with Gasteiger partial charge in [0.05, 0.1) is 12.6 Å². The zero-order chi connectivity index (χ0) is 28.5. The van der Waals surface area contributed by atoms with Crippen LogP contribution < -0.4 is 0 Å². The summed E-state index contributed by atoms with van der Waals surface area (Å²) < 4.78 is 11.2. The number of nitrogens with zero attached hydrogens (tertiary/aromatic N) is 4. The van der Waals surface area contributed by atoms with Gasteiger partial charge in [-0.2, -0.15) is 0 Å². The van der Waals surface area contributed by atoms with Crippen LogP contribution in [0.1, 0.15) is 128 Å². The minimum Gasteiger partial charge on any atom is -0.461 e. The van der Waals surface area contributed by atoms with Crippen LogP contribution in [0.2, 0.25) is 0 Å². The lowest BCUT2D eigenvalue weighted by Gasteiger charge is -2.28. The van der Waals surface area contributed by atoms with Crippen molar-refractivity contribution in [1.29, 1.82) is 0 Å². The van der Waals surface area contributed by atoms with Gasteiger partial charge in [0, 0.05) is 22.8 Å². The Morgan fingerprint density at radius 3 is 2.37 bits per heavy atom. The Morgan fingerprint density at radius 1 is 1.05 bits per heavy atom. The molecule has 1 aromatic rings. The van der Waals surface area contributed by atoms with Crippen molar-refractivity contribution in [2.75, 3.05) is 13.2 Å². The summed E-state index contributed by atoms with van der Waals surface area (Å²) in [4.78, 5) is 33.3.